The summed E-state index contributed by atoms with van der Waals surface area (Å²) in [6.45, 7) is 4.74. The van der Waals surface area contributed by atoms with E-state index in [0.29, 0.717) is 18.9 Å². The van der Waals surface area contributed by atoms with Crippen molar-refractivity contribution in [3.63, 3.8) is 0 Å². The van der Waals surface area contributed by atoms with Gasteiger partial charge in [0, 0.05) is 25.4 Å². The summed E-state index contributed by atoms with van der Waals surface area (Å²) >= 11 is 0. The summed E-state index contributed by atoms with van der Waals surface area (Å²) in [7, 11) is 0. The average Bonchev–Trinajstić information content (AvgIpc) is 2.17. The van der Waals surface area contributed by atoms with Crippen LogP contribution in [-0.2, 0) is 4.79 Å². The van der Waals surface area contributed by atoms with Crippen LogP contribution in [0.3, 0.4) is 0 Å². The van der Waals surface area contributed by atoms with Gasteiger partial charge in [-0.1, -0.05) is 13.8 Å². The molecular formula is C12H22N2O. The molecule has 0 aliphatic heterocycles. The first-order valence-corrected chi connectivity index (χ1v) is 5.53. The topological polar surface area (TPSA) is 55.1 Å². The number of rotatable bonds is 7. The largest absolute Gasteiger partial charge is 0.356 e. The van der Waals surface area contributed by atoms with Crippen LogP contribution in [0, 0.1) is 18.3 Å². The molecule has 15 heavy (non-hydrogen) atoms. The third-order valence-electron chi connectivity index (χ3n) is 2.35. The van der Waals surface area contributed by atoms with Crippen molar-refractivity contribution in [3.8, 4) is 12.3 Å². The summed E-state index contributed by atoms with van der Waals surface area (Å²) in [5, 5.41) is 2.84. The SMILES string of the molecule is C#CCCCCNC(=O)CC(N)C(C)C. The molecule has 0 saturated heterocycles. The first-order valence-electron chi connectivity index (χ1n) is 5.53. The second-order valence-electron chi connectivity index (χ2n) is 4.12. The van der Waals surface area contributed by atoms with Gasteiger partial charge >= 0.3 is 0 Å². The molecule has 0 rings (SSSR count). The number of hydrogen-bond donors (Lipinski definition) is 2. The predicted octanol–water partition coefficient (Wildman–Crippen LogP) is 1.28. The van der Waals surface area contributed by atoms with E-state index in [1.54, 1.807) is 0 Å². The van der Waals surface area contributed by atoms with Crippen molar-refractivity contribution in [1.29, 1.82) is 0 Å². The Kier molecular flexibility index (Phi) is 7.75. The Morgan fingerprint density at radius 2 is 2.13 bits per heavy atom. The molecule has 3 heteroatoms. The maximum Gasteiger partial charge on any atom is 0.221 e. The number of carbonyl (C=O) groups excluding carboxylic acids is 1. The van der Waals surface area contributed by atoms with Crippen molar-refractivity contribution >= 4 is 5.91 Å². The maximum absolute atomic E-state index is 11.4. The van der Waals surface area contributed by atoms with E-state index in [-0.39, 0.29) is 11.9 Å². The van der Waals surface area contributed by atoms with E-state index in [1.807, 2.05) is 13.8 Å². The number of hydrogen-bond acceptors (Lipinski definition) is 2. The van der Waals surface area contributed by atoms with Gasteiger partial charge in [0.1, 0.15) is 0 Å². The highest BCUT2D eigenvalue weighted by molar-refractivity contribution is 5.76. The van der Waals surface area contributed by atoms with E-state index < -0.39 is 0 Å². The minimum atomic E-state index is -0.0456. The normalized spacial score (nSPS) is 12.2. The van der Waals surface area contributed by atoms with Crippen LogP contribution in [0.5, 0.6) is 0 Å². The van der Waals surface area contributed by atoms with E-state index in [2.05, 4.69) is 11.2 Å². The minimum absolute atomic E-state index is 0.0388. The molecule has 0 aromatic carbocycles. The Morgan fingerprint density at radius 3 is 2.67 bits per heavy atom. The van der Waals surface area contributed by atoms with Crippen molar-refractivity contribution in [1.82, 2.24) is 5.32 Å². The number of unbranched alkanes of at least 4 members (excludes halogenated alkanes) is 2. The van der Waals surface area contributed by atoms with Crippen LogP contribution in [0.1, 0.15) is 39.5 Å². The predicted molar refractivity (Wildman–Crippen MR) is 63.1 cm³/mol. The van der Waals surface area contributed by atoms with E-state index in [0.717, 1.165) is 19.3 Å². The van der Waals surface area contributed by atoms with E-state index in [1.165, 1.54) is 0 Å². The standard InChI is InChI=1S/C12H22N2O/c1-4-5-6-7-8-14-12(15)9-11(13)10(2)3/h1,10-11H,5-9,13H2,2-3H3,(H,14,15). The number of nitrogens with one attached hydrogen (secondary N) is 1. The molecule has 0 aromatic heterocycles. The van der Waals surface area contributed by atoms with Gasteiger partial charge in [-0.05, 0) is 18.8 Å². The number of carbonyl (C=O) groups is 1. The van der Waals surface area contributed by atoms with Crippen LogP contribution in [0.15, 0.2) is 0 Å². The first kappa shape index (κ1) is 14.0. The number of terminal acetylenes is 1. The zero-order valence-electron chi connectivity index (χ0n) is 9.75. The summed E-state index contributed by atoms with van der Waals surface area (Å²) in [5.74, 6) is 2.95. The van der Waals surface area contributed by atoms with E-state index >= 15 is 0 Å². The summed E-state index contributed by atoms with van der Waals surface area (Å²) < 4.78 is 0. The summed E-state index contributed by atoms with van der Waals surface area (Å²) in [5.41, 5.74) is 5.78. The Labute approximate surface area is 92.8 Å². The van der Waals surface area contributed by atoms with Crippen molar-refractivity contribution in [3.05, 3.63) is 0 Å². The lowest BCUT2D eigenvalue weighted by molar-refractivity contribution is -0.121. The van der Waals surface area contributed by atoms with Crippen LogP contribution in [0.4, 0.5) is 0 Å². The first-order chi connectivity index (χ1) is 7.07. The zero-order valence-corrected chi connectivity index (χ0v) is 9.75. The molecule has 1 unspecified atom stereocenters. The van der Waals surface area contributed by atoms with Crippen molar-refractivity contribution in [2.75, 3.05) is 6.54 Å². The van der Waals surface area contributed by atoms with E-state index in [9.17, 15) is 4.79 Å². The van der Waals surface area contributed by atoms with Crippen molar-refractivity contribution in [2.45, 2.75) is 45.6 Å². The zero-order chi connectivity index (χ0) is 11.7. The Hall–Kier alpha value is -1.01. The molecular weight excluding hydrogens is 188 g/mol. The lowest BCUT2D eigenvalue weighted by Gasteiger charge is -2.14. The Balaban J connectivity index is 3.46. The van der Waals surface area contributed by atoms with Crippen molar-refractivity contribution < 1.29 is 4.79 Å². The summed E-state index contributed by atoms with van der Waals surface area (Å²) in [6.07, 6.45) is 8.21. The summed E-state index contributed by atoms with van der Waals surface area (Å²) in [6, 6.07) is -0.0456. The highest BCUT2D eigenvalue weighted by Crippen LogP contribution is 2.02. The van der Waals surface area contributed by atoms with Crippen LogP contribution in [0.25, 0.3) is 0 Å². The molecule has 0 fully saturated rings. The highest BCUT2D eigenvalue weighted by Gasteiger charge is 2.11. The van der Waals surface area contributed by atoms with Crippen LogP contribution in [0.2, 0.25) is 0 Å². The lowest BCUT2D eigenvalue weighted by atomic mass is 10.0. The molecule has 0 heterocycles. The van der Waals surface area contributed by atoms with Gasteiger partial charge < -0.3 is 11.1 Å². The van der Waals surface area contributed by atoms with Gasteiger partial charge in [-0.3, -0.25) is 4.79 Å². The third-order valence-corrected chi connectivity index (χ3v) is 2.35. The molecule has 0 spiro atoms. The summed E-state index contributed by atoms with van der Waals surface area (Å²) in [4.78, 5) is 11.4. The molecule has 0 bridgehead atoms. The fraction of sp³-hybridized carbons (Fsp3) is 0.750. The van der Waals surface area contributed by atoms with Gasteiger partial charge in [0.05, 0.1) is 0 Å². The Morgan fingerprint density at radius 1 is 1.47 bits per heavy atom. The molecule has 3 N–H and O–H groups in total. The highest BCUT2D eigenvalue weighted by atomic mass is 16.1. The number of amides is 1. The van der Waals surface area contributed by atoms with Crippen LogP contribution >= 0.6 is 0 Å². The van der Waals surface area contributed by atoms with Crippen molar-refractivity contribution in [2.24, 2.45) is 11.7 Å². The van der Waals surface area contributed by atoms with Gasteiger partial charge in [-0.25, -0.2) is 0 Å². The monoisotopic (exact) mass is 210 g/mol. The van der Waals surface area contributed by atoms with E-state index in [4.69, 9.17) is 12.2 Å². The van der Waals surface area contributed by atoms with Gasteiger partial charge in [0.2, 0.25) is 5.91 Å². The smallest absolute Gasteiger partial charge is 0.221 e. The molecule has 0 aromatic rings. The van der Waals surface area contributed by atoms with Crippen LogP contribution < -0.4 is 11.1 Å². The molecule has 0 aliphatic rings. The van der Waals surface area contributed by atoms with Crippen LogP contribution in [-0.4, -0.2) is 18.5 Å². The fourth-order valence-corrected chi connectivity index (χ4v) is 1.10. The second-order valence-corrected chi connectivity index (χ2v) is 4.12. The molecule has 86 valence electrons. The van der Waals surface area contributed by atoms with Gasteiger partial charge in [0.15, 0.2) is 0 Å². The van der Waals surface area contributed by atoms with Gasteiger partial charge in [-0.15, -0.1) is 12.3 Å². The molecule has 0 radical (unpaired) electrons. The molecule has 1 amide bonds. The number of nitrogens with two attached hydrogens (primary N) is 1. The maximum atomic E-state index is 11.4. The lowest BCUT2D eigenvalue weighted by Crippen LogP contribution is -2.35. The second kappa shape index (κ2) is 8.31. The van der Waals surface area contributed by atoms with Gasteiger partial charge in [-0.2, -0.15) is 0 Å². The quantitative estimate of drug-likeness (QED) is 0.491. The van der Waals surface area contributed by atoms with Gasteiger partial charge in [0.25, 0.3) is 0 Å². The minimum Gasteiger partial charge on any atom is -0.356 e. The third kappa shape index (κ3) is 8.02. The fourth-order valence-electron chi connectivity index (χ4n) is 1.10. The molecule has 3 nitrogen and oxygen atoms in total. The molecule has 1 atom stereocenters. The molecule has 0 saturated carbocycles. The average molecular weight is 210 g/mol. The Bertz CT molecular complexity index is 218. The molecule has 0 aliphatic carbocycles.